The van der Waals surface area contributed by atoms with Crippen LogP contribution in [0.15, 0.2) is 4.52 Å². The first kappa shape index (κ1) is 15.2. The summed E-state index contributed by atoms with van der Waals surface area (Å²) in [4.78, 5) is 9.50. The molecule has 0 spiro atoms. The van der Waals surface area contributed by atoms with E-state index in [1.807, 2.05) is 7.05 Å². The maximum atomic E-state index is 5.56. The molecule has 9 nitrogen and oxygen atoms in total. The van der Waals surface area contributed by atoms with Crippen LogP contribution in [0.1, 0.15) is 56.3 Å². The zero-order chi connectivity index (χ0) is 17.0. The van der Waals surface area contributed by atoms with Crippen LogP contribution < -0.4 is 4.90 Å². The fourth-order valence-corrected chi connectivity index (χ4v) is 4.33. The Bertz CT molecular complexity index is 753. The predicted octanol–water partition coefficient (Wildman–Crippen LogP) is 1.13. The van der Waals surface area contributed by atoms with E-state index in [4.69, 9.17) is 4.52 Å². The number of hydrogen-bond donors (Lipinski definition) is 0. The highest BCUT2D eigenvalue weighted by Crippen LogP contribution is 2.40. The smallest absolute Gasteiger partial charge is 0.245 e. The molecule has 2 aliphatic heterocycles. The monoisotopic (exact) mass is 344 g/mol. The predicted molar refractivity (Wildman–Crippen MR) is 88.9 cm³/mol. The number of rotatable bonds is 4. The van der Waals surface area contributed by atoms with Gasteiger partial charge >= 0.3 is 0 Å². The summed E-state index contributed by atoms with van der Waals surface area (Å²) < 4.78 is 7.33. The number of aryl methyl sites for hydroxylation is 1. The summed E-state index contributed by atoms with van der Waals surface area (Å²) in [5.41, 5.74) is 0. The van der Waals surface area contributed by atoms with Crippen LogP contribution in [0.5, 0.6) is 0 Å². The van der Waals surface area contributed by atoms with Crippen LogP contribution in [0.2, 0.25) is 0 Å². The van der Waals surface area contributed by atoms with Gasteiger partial charge in [-0.05, 0) is 49.0 Å². The molecule has 3 aliphatic rings. The minimum Gasteiger partial charge on any atom is -0.338 e. The van der Waals surface area contributed by atoms with Crippen LogP contribution in [0, 0.1) is 5.92 Å². The summed E-state index contributed by atoms with van der Waals surface area (Å²) in [6.45, 7) is 5.24. The summed E-state index contributed by atoms with van der Waals surface area (Å²) in [5, 5.41) is 16.2. The SMILES string of the molecule is C[C@H](c1nc(C2CC2)no1)N1C[C@H]2CCCN(c3nnnn3C)[C@@H]2C1. The Hall–Kier alpha value is -2.03. The van der Waals surface area contributed by atoms with Crippen molar-refractivity contribution in [2.45, 2.75) is 50.6 Å². The van der Waals surface area contributed by atoms with Crippen LogP contribution in [0.4, 0.5) is 5.95 Å². The van der Waals surface area contributed by atoms with Crippen LogP contribution in [-0.4, -0.2) is 60.9 Å². The Morgan fingerprint density at radius 2 is 2.08 bits per heavy atom. The molecule has 134 valence electrons. The number of likely N-dealkylation sites (tertiary alicyclic amines) is 1. The van der Waals surface area contributed by atoms with E-state index in [0.29, 0.717) is 17.9 Å². The lowest BCUT2D eigenvalue weighted by Crippen LogP contribution is -2.46. The largest absolute Gasteiger partial charge is 0.338 e. The first-order chi connectivity index (χ1) is 12.2. The lowest BCUT2D eigenvalue weighted by molar-refractivity contribution is 0.201. The van der Waals surface area contributed by atoms with E-state index < -0.39 is 0 Å². The van der Waals surface area contributed by atoms with E-state index in [0.717, 1.165) is 37.3 Å². The van der Waals surface area contributed by atoms with Gasteiger partial charge in [-0.15, -0.1) is 0 Å². The lowest BCUT2D eigenvalue weighted by atomic mass is 9.92. The van der Waals surface area contributed by atoms with Crippen molar-refractivity contribution in [1.82, 2.24) is 35.2 Å². The molecule has 3 fully saturated rings. The average molecular weight is 344 g/mol. The number of aromatic nitrogens is 6. The Morgan fingerprint density at radius 3 is 2.84 bits per heavy atom. The molecule has 0 aromatic carbocycles. The Balaban J connectivity index is 1.34. The second kappa shape index (κ2) is 5.76. The van der Waals surface area contributed by atoms with Gasteiger partial charge in [0.2, 0.25) is 11.8 Å². The molecule has 5 rings (SSSR count). The third kappa shape index (κ3) is 2.61. The highest BCUT2D eigenvalue weighted by atomic mass is 16.5. The molecule has 3 atom stereocenters. The molecular formula is C16H24N8O. The molecule has 1 aliphatic carbocycles. The molecule has 2 saturated heterocycles. The lowest BCUT2D eigenvalue weighted by Gasteiger charge is -2.36. The summed E-state index contributed by atoms with van der Waals surface area (Å²) in [7, 11) is 1.91. The molecule has 0 unspecified atom stereocenters. The fourth-order valence-electron chi connectivity index (χ4n) is 4.33. The van der Waals surface area contributed by atoms with E-state index in [-0.39, 0.29) is 6.04 Å². The van der Waals surface area contributed by atoms with E-state index >= 15 is 0 Å². The maximum absolute atomic E-state index is 5.56. The van der Waals surface area contributed by atoms with Crippen molar-refractivity contribution >= 4 is 5.95 Å². The van der Waals surface area contributed by atoms with Crippen LogP contribution >= 0.6 is 0 Å². The first-order valence-electron chi connectivity index (χ1n) is 9.27. The van der Waals surface area contributed by atoms with E-state index in [1.165, 1.54) is 25.7 Å². The van der Waals surface area contributed by atoms with Gasteiger partial charge in [-0.2, -0.15) is 4.98 Å². The highest BCUT2D eigenvalue weighted by Gasteiger charge is 2.43. The number of hydrogen-bond acceptors (Lipinski definition) is 8. The van der Waals surface area contributed by atoms with Crippen molar-refractivity contribution in [2.24, 2.45) is 13.0 Å². The third-order valence-corrected chi connectivity index (χ3v) is 5.97. The van der Waals surface area contributed by atoms with Crippen molar-refractivity contribution in [3.05, 3.63) is 11.7 Å². The average Bonchev–Trinajstić information content (AvgIpc) is 3.03. The van der Waals surface area contributed by atoms with Gasteiger partial charge in [0.25, 0.3) is 0 Å². The van der Waals surface area contributed by atoms with E-state index in [9.17, 15) is 0 Å². The first-order valence-corrected chi connectivity index (χ1v) is 9.27. The summed E-state index contributed by atoms with van der Waals surface area (Å²) >= 11 is 0. The number of tetrazole rings is 1. The summed E-state index contributed by atoms with van der Waals surface area (Å²) in [6.07, 6.45) is 4.83. The normalized spacial score (nSPS) is 28.3. The van der Waals surface area contributed by atoms with Gasteiger partial charge in [0, 0.05) is 38.6 Å². The molecule has 4 heterocycles. The minimum atomic E-state index is 0.157. The van der Waals surface area contributed by atoms with Crippen LogP contribution in [-0.2, 0) is 7.05 Å². The number of piperidine rings is 1. The topological polar surface area (TPSA) is 89.0 Å². The Morgan fingerprint density at radius 1 is 1.20 bits per heavy atom. The van der Waals surface area contributed by atoms with Gasteiger partial charge in [-0.1, -0.05) is 10.3 Å². The minimum absolute atomic E-state index is 0.157. The number of nitrogens with zero attached hydrogens (tertiary/aromatic N) is 8. The second-order valence-corrected chi connectivity index (χ2v) is 7.66. The molecule has 0 bridgehead atoms. The molecule has 1 saturated carbocycles. The van der Waals surface area contributed by atoms with Gasteiger partial charge in [-0.25, -0.2) is 4.68 Å². The third-order valence-electron chi connectivity index (χ3n) is 5.97. The van der Waals surface area contributed by atoms with Gasteiger partial charge in [-0.3, -0.25) is 4.90 Å². The molecule has 9 heteroatoms. The molecular weight excluding hydrogens is 320 g/mol. The van der Waals surface area contributed by atoms with Crippen molar-refractivity contribution in [1.29, 1.82) is 0 Å². The Kier molecular flexibility index (Phi) is 3.51. The van der Waals surface area contributed by atoms with Gasteiger partial charge in [0.05, 0.1) is 6.04 Å². The zero-order valence-corrected chi connectivity index (χ0v) is 14.7. The fraction of sp³-hybridized carbons (Fsp3) is 0.812. The van der Waals surface area contributed by atoms with Crippen LogP contribution in [0.3, 0.4) is 0 Å². The maximum Gasteiger partial charge on any atom is 0.245 e. The zero-order valence-electron chi connectivity index (χ0n) is 14.7. The molecule has 0 N–H and O–H groups in total. The molecule has 0 amide bonds. The molecule has 25 heavy (non-hydrogen) atoms. The van der Waals surface area contributed by atoms with E-state index in [2.05, 4.69) is 42.4 Å². The van der Waals surface area contributed by atoms with Gasteiger partial charge in [0.15, 0.2) is 5.82 Å². The summed E-state index contributed by atoms with van der Waals surface area (Å²) in [5.74, 6) is 3.69. The van der Waals surface area contributed by atoms with Crippen molar-refractivity contribution in [3.63, 3.8) is 0 Å². The summed E-state index contributed by atoms with van der Waals surface area (Å²) in [6, 6.07) is 0.608. The Labute approximate surface area is 146 Å². The standard InChI is InChI=1S/C16H24N8O/c1-10(15-17-14(19-25-15)11-5-6-11)23-8-12-4-3-7-24(13(12)9-23)16-18-20-21-22(16)2/h10-13H,3-9H2,1-2H3/t10-,12-,13-/m1/s1. The molecule has 2 aromatic heterocycles. The second-order valence-electron chi connectivity index (χ2n) is 7.66. The highest BCUT2D eigenvalue weighted by molar-refractivity contribution is 5.33. The van der Waals surface area contributed by atoms with Crippen LogP contribution in [0.25, 0.3) is 0 Å². The van der Waals surface area contributed by atoms with Gasteiger partial charge in [0.1, 0.15) is 0 Å². The number of anilines is 1. The molecule has 2 aromatic rings. The van der Waals surface area contributed by atoms with Gasteiger partial charge < -0.3 is 9.42 Å². The molecule has 0 radical (unpaired) electrons. The number of fused-ring (bicyclic) bond motifs is 1. The van der Waals surface area contributed by atoms with E-state index in [1.54, 1.807) is 4.68 Å². The van der Waals surface area contributed by atoms with Crippen molar-refractivity contribution in [3.8, 4) is 0 Å². The van der Waals surface area contributed by atoms with Crippen molar-refractivity contribution < 1.29 is 4.52 Å². The van der Waals surface area contributed by atoms with Crippen molar-refractivity contribution in [2.75, 3.05) is 24.5 Å². The quantitative estimate of drug-likeness (QED) is 0.815.